The van der Waals surface area contributed by atoms with Gasteiger partial charge in [0.1, 0.15) is 5.82 Å². The molecule has 3 rings (SSSR count). The van der Waals surface area contributed by atoms with Crippen LogP contribution in [-0.2, 0) is 0 Å². The fourth-order valence-corrected chi connectivity index (χ4v) is 3.61. The van der Waals surface area contributed by atoms with E-state index in [0.717, 1.165) is 10.0 Å². The summed E-state index contributed by atoms with van der Waals surface area (Å²) in [5, 5.41) is 2.91. The number of rotatable bonds is 2. The number of halogens is 2. The number of anilines is 1. The van der Waals surface area contributed by atoms with Crippen molar-refractivity contribution in [3.8, 4) is 0 Å². The average molecular weight is 434 g/mol. The normalized spacial score (nSPS) is 14.6. The van der Waals surface area contributed by atoms with Crippen molar-refractivity contribution in [2.24, 2.45) is 0 Å². The molecular formula is C20H21BrFN3O2. The Kier molecular flexibility index (Phi) is 6.11. The molecule has 0 spiro atoms. The van der Waals surface area contributed by atoms with Gasteiger partial charge < -0.3 is 15.1 Å². The number of aryl methyl sites for hydroxylation is 1. The number of hydrogen-bond donors (Lipinski definition) is 1. The van der Waals surface area contributed by atoms with E-state index < -0.39 is 0 Å². The maximum absolute atomic E-state index is 13.0. The molecular weight excluding hydrogens is 413 g/mol. The van der Waals surface area contributed by atoms with Crippen LogP contribution in [0.1, 0.15) is 22.3 Å². The Morgan fingerprint density at radius 3 is 2.37 bits per heavy atom. The van der Waals surface area contributed by atoms with Crippen molar-refractivity contribution < 1.29 is 14.0 Å². The molecule has 0 bridgehead atoms. The number of benzene rings is 2. The summed E-state index contributed by atoms with van der Waals surface area (Å²) in [6.07, 6.45) is 0.690. The van der Waals surface area contributed by atoms with Crippen molar-refractivity contribution in [3.63, 3.8) is 0 Å². The van der Waals surface area contributed by atoms with E-state index in [0.29, 0.717) is 43.9 Å². The van der Waals surface area contributed by atoms with E-state index in [9.17, 15) is 14.0 Å². The molecule has 1 fully saturated rings. The second-order valence-corrected chi connectivity index (χ2v) is 7.41. The number of nitrogens with zero attached hydrogens (tertiary/aromatic N) is 2. The van der Waals surface area contributed by atoms with Crippen molar-refractivity contribution in [2.75, 3.05) is 31.5 Å². The second-order valence-electron chi connectivity index (χ2n) is 6.55. The topological polar surface area (TPSA) is 52.7 Å². The predicted molar refractivity (Wildman–Crippen MR) is 106 cm³/mol. The molecule has 1 heterocycles. The van der Waals surface area contributed by atoms with Gasteiger partial charge in [-0.15, -0.1) is 0 Å². The van der Waals surface area contributed by atoms with Crippen molar-refractivity contribution >= 4 is 33.6 Å². The molecule has 1 aliphatic heterocycles. The van der Waals surface area contributed by atoms with Gasteiger partial charge in [-0.25, -0.2) is 9.18 Å². The van der Waals surface area contributed by atoms with Gasteiger partial charge in [-0.1, -0.05) is 6.07 Å². The predicted octanol–water partition coefficient (Wildman–Crippen LogP) is 4.28. The Bertz CT molecular complexity index is 842. The number of urea groups is 1. The SMILES string of the molecule is Cc1ccc(NC(=O)N2CCCN(C(=O)c3ccc(F)cc3)CC2)c(Br)c1. The quantitative estimate of drug-likeness (QED) is 0.768. The summed E-state index contributed by atoms with van der Waals surface area (Å²) in [6.45, 7) is 4.01. The highest BCUT2D eigenvalue weighted by Gasteiger charge is 2.23. The third-order valence-corrected chi connectivity index (χ3v) is 5.18. The molecule has 0 aliphatic carbocycles. The summed E-state index contributed by atoms with van der Waals surface area (Å²) >= 11 is 3.46. The second kappa shape index (κ2) is 8.52. The maximum Gasteiger partial charge on any atom is 0.321 e. The van der Waals surface area contributed by atoms with Crippen LogP contribution in [0.25, 0.3) is 0 Å². The highest BCUT2D eigenvalue weighted by Crippen LogP contribution is 2.24. The Morgan fingerprint density at radius 2 is 1.67 bits per heavy atom. The van der Waals surface area contributed by atoms with Gasteiger partial charge in [0.15, 0.2) is 0 Å². The lowest BCUT2D eigenvalue weighted by molar-refractivity contribution is 0.0762. The lowest BCUT2D eigenvalue weighted by Crippen LogP contribution is -2.39. The summed E-state index contributed by atoms with van der Waals surface area (Å²) in [4.78, 5) is 28.6. The molecule has 5 nitrogen and oxygen atoms in total. The molecule has 142 valence electrons. The van der Waals surface area contributed by atoms with E-state index in [4.69, 9.17) is 0 Å². The van der Waals surface area contributed by atoms with Crippen molar-refractivity contribution in [2.45, 2.75) is 13.3 Å². The smallest absolute Gasteiger partial charge is 0.321 e. The first-order chi connectivity index (χ1) is 12.9. The van der Waals surface area contributed by atoms with Crippen molar-refractivity contribution in [3.05, 3.63) is 63.9 Å². The van der Waals surface area contributed by atoms with Gasteiger partial charge in [0.05, 0.1) is 5.69 Å². The molecule has 7 heteroatoms. The van der Waals surface area contributed by atoms with Gasteiger partial charge in [-0.3, -0.25) is 4.79 Å². The maximum atomic E-state index is 13.0. The molecule has 0 aromatic heterocycles. The number of carbonyl (C=O) groups is 2. The van der Waals surface area contributed by atoms with E-state index in [1.807, 2.05) is 25.1 Å². The largest absolute Gasteiger partial charge is 0.337 e. The van der Waals surface area contributed by atoms with Crippen molar-refractivity contribution in [1.29, 1.82) is 0 Å². The Hall–Kier alpha value is -2.41. The summed E-state index contributed by atoms with van der Waals surface area (Å²) < 4.78 is 13.9. The number of hydrogen-bond acceptors (Lipinski definition) is 2. The zero-order chi connectivity index (χ0) is 19.4. The van der Waals surface area contributed by atoms with Crippen LogP contribution >= 0.6 is 15.9 Å². The molecule has 0 atom stereocenters. The fourth-order valence-electron chi connectivity index (χ4n) is 3.01. The molecule has 3 amide bonds. The van der Waals surface area contributed by atoms with Crippen LogP contribution < -0.4 is 5.32 Å². The molecule has 1 N–H and O–H groups in total. The van der Waals surface area contributed by atoms with Crippen LogP contribution in [0, 0.1) is 12.7 Å². The molecule has 2 aromatic rings. The first kappa shape index (κ1) is 19.4. The van der Waals surface area contributed by atoms with Crippen LogP contribution in [0.3, 0.4) is 0 Å². The average Bonchev–Trinajstić information content (AvgIpc) is 2.90. The molecule has 0 saturated carbocycles. The molecule has 1 aliphatic rings. The van der Waals surface area contributed by atoms with Gasteiger partial charge in [-0.05, 0) is 71.2 Å². The Balaban J connectivity index is 1.61. The van der Waals surface area contributed by atoms with E-state index in [2.05, 4.69) is 21.2 Å². The van der Waals surface area contributed by atoms with Crippen molar-refractivity contribution in [1.82, 2.24) is 9.80 Å². The highest BCUT2D eigenvalue weighted by molar-refractivity contribution is 9.10. The van der Waals surface area contributed by atoms with Gasteiger partial charge >= 0.3 is 6.03 Å². The van der Waals surface area contributed by atoms with Crippen LogP contribution in [0.15, 0.2) is 46.9 Å². The minimum atomic E-state index is -0.368. The number of nitrogens with one attached hydrogen (secondary N) is 1. The van der Waals surface area contributed by atoms with E-state index >= 15 is 0 Å². The number of amides is 3. The zero-order valence-corrected chi connectivity index (χ0v) is 16.6. The van der Waals surface area contributed by atoms with Crippen LogP contribution in [0.4, 0.5) is 14.9 Å². The molecule has 0 radical (unpaired) electrons. The number of carbonyl (C=O) groups excluding carboxylic acids is 2. The van der Waals surface area contributed by atoms with Crippen LogP contribution in [0.5, 0.6) is 0 Å². The summed E-state index contributed by atoms with van der Waals surface area (Å²) in [5.41, 5.74) is 2.27. The molecule has 27 heavy (non-hydrogen) atoms. The third kappa shape index (κ3) is 4.86. The minimum Gasteiger partial charge on any atom is -0.337 e. The summed E-state index contributed by atoms with van der Waals surface area (Å²) in [7, 11) is 0. The summed E-state index contributed by atoms with van der Waals surface area (Å²) in [6, 6.07) is 11.1. The Morgan fingerprint density at radius 1 is 1.00 bits per heavy atom. The minimum absolute atomic E-state index is 0.140. The van der Waals surface area contributed by atoms with Gasteiger partial charge in [0.2, 0.25) is 0 Å². The van der Waals surface area contributed by atoms with Crippen LogP contribution in [-0.4, -0.2) is 47.9 Å². The lowest BCUT2D eigenvalue weighted by atomic mass is 10.2. The Labute approximate surface area is 166 Å². The van der Waals surface area contributed by atoms with E-state index in [1.165, 1.54) is 24.3 Å². The van der Waals surface area contributed by atoms with Crippen LogP contribution in [0.2, 0.25) is 0 Å². The summed E-state index contributed by atoms with van der Waals surface area (Å²) in [5.74, 6) is -0.508. The monoisotopic (exact) mass is 433 g/mol. The van der Waals surface area contributed by atoms with Gasteiger partial charge in [-0.2, -0.15) is 0 Å². The molecule has 1 saturated heterocycles. The van der Waals surface area contributed by atoms with Gasteiger partial charge in [0, 0.05) is 36.2 Å². The highest BCUT2D eigenvalue weighted by atomic mass is 79.9. The van der Waals surface area contributed by atoms with E-state index in [-0.39, 0.29) is 17.8 Å². The first-order valence-corrected chi connectivity index (χ1v) is 9.60. The van der Waals surface area contributed by atoms with E-state index in [1.54, 1.807) is 9.80 Å². The fraction of sp³-hybridized carbons (Fsp3) is 0.300. The lowest BCUT2D eigenvalue weighted by Gasteiger charge is -2.23. The first-order valence-electron chi connectivity index (χ1n) is 8.81. The molecule has 0 unspecified atom stereocenters. The molecule has 2 aromatic carbocycles. The third-order valence-electron chi connectivity index (χ3n) is 4.53. The van der Waals surface area contributed by atoms with Gasteiger partial charge in [0.25, 0.3) is 5.91 Å². The zero-order valence-electron chi connectivity index (χ0n) is 15.0. The standard InChI is InChI=1S/C20H21BrFN3O2/c1-14-3-8-18(17(21)13-14)23-20(27)25-10-2-9-24(11-12-25)19(26)15-4-6-16(22)7-5-15/h3-8,13H,2,9-12H2,1H3,(H,23,27).